The highest BCUT2D eigenvalue weighted by atomic mass is 19.1. The highest BCUT2D eigenvalue weighted by Crippen LogP contribution is 2.29. The average molecular weight is 216 g/mol. The molecule has 0 heterocycles. The lowest BCUT2D eigenvalue weighted by Gasteiger charge is -2.21. The first kappa shape index (κ1) is 10.5. The van der Waals surface area contributed by atoms with Crippen molar-refractivity contribution in [3.8, 4) is 0 Å². The predicted octanol–water partition coefficient (Wildman–Crippen LogP) is 3.18. The van der Waals surface area contributed by atoms with Crippen molar-refractivity contribution in [3.63, 3.8) is 0 Å². The maximum absolute atomic E-state index is 13.3. The summed E-state index contributed by atoms with van der Waals surface area (Å²) in [7, 11) is 1.86. The van der Waals surface area contributed by atoms with Gasteiger partial charge in [-0.25, -0.2) is 4.39 Å². The third-order valence-electron chi connectivity index (χ3n) is 2.53. The quantitative estimate of drug-likeness (QED) is 0.781. The van der Waals surface area contributed by atoms with E-state index < -0.39 is 0 Å². The van der Waals surface area contributed by atoms with Crippen molar-refractivity contribution in [1.82, 2.24) is 0 Å². The van der Waals surface area contributed by atoms with Gasteiger partial charge in [-0.1, -0.05) is 24.3 Å². The number of rotatable bonds is 2. The lowest BCUT2D eigenvalue weighted by atomic mass is 10.2. The van der Waals surface area contributed by atoms with E-state index in [2.05, 4.69) is 0 Å². The Labute approximate surface area is 94.1 Å². The van der Waals surface area contributed by atoms with Crippen LogP contribution >= 0.6 is 0 Å². The molecule has 2 nitrogen and oxygen atoms in total. The van der Waals surface area contributed by atoms with Gasteiger partial charge in [0.2, 0.25) is 0 Å². The number of anilines is 3. The molecule has 3 heteroatoms. The first-order valence-corrected chi connectivity index (χ1v) is 5.03. The maximum Gasteiger partial charge on any atom is 0.148 e. The zero-order valence-electron chi connectivity index (χ0n) is 9.02. The molecular formula is C13H13FN2. The third-order valence-corrected chi connectivity index (χ3v) is 2.53. The van der Waals surface area contributed by atoms with E-state index in [4.69, 9.17) is 5.73 Å². The SMILES string of the molecule is CN(c1ccccc1)c1cccc(F)c1N. The van der Waals surface area contributed by atoms with Crippen molar-refractivity contribution in [2.45, 2.75) is 0 Å². The highest BCUT2D eigenvalue weighted by molar-refractivity contribution is 5.74. The number of nitrogen functional groups attached to an aromatic ring is 1. The Morgan fingerprint density at radius 3 is 2.38 bits per heavy atom. The molecule has 0 aliphatic heterocycles. The van der Waals surface area contributed by atoms with Crippen LogP contribution in [-0.2, 0) is 0 Å². The van der Waals surface area contributed by atoms with Gasteiger partial charge >= 0.3 is 0 Å². The van der Waals surface area contributed by atoms with Crippen molar-refractivity contribution < 1.29 is 4.39 Å². The summed E-state index contributed by atoms with van der Waals surface area (Å²) in [6.45, 7) is 0. The van der Waals surface area contributed by atoms with Gasteiger partial charge in [0.1, 0.15) is 5.82 Å². The average Bonchev–Trinajstić information content (AvgIpc) is 2.33. The van der Waals surface area contributed by atoms with Crippen molar-refractivity contribution in [1.29, 1.82) is 0 Å². The lowest BCUT2D eigenvalue weighted by molar-refractivity contribution is 0.632. The van der Waals surface area contributed by atoms with E-state index in [1.807, 2.05) is 42.3 Å². The van der Waals surface area contributed by atoms with E-state index in [-0.39, 0.29) is 11.5 Å². The number of hydrogen-bond donors (Lipinski definition) is 1. The van der Waals surface area contributed by atoms with Crippen LogP contribution in [0.4, 0.5) is 21.5 Å². The van der Waals surface area contributed by atoms with E-state index in [9.17, 15) is 4.39 Å². The van der Waals surface area contributed by atoms with Crippen LogP contribution in [0.25, 0.3) is 0 Å². The molecule has 2 aromatic carbocycles. The van der Waals surface area contributed by atoms with Crippen LogP contribution in [0, 0.1) is 5.82 Å². The fourth-order valence-corrected chi connectivity index (χ4v) is 1.61. The van der Waals surface area contributed by atoms with Crippen LogP contribution in [0.1, 0.15) is 0 Å². The Bertz CT molecular complexity index is 483. The number of benzene rings is 2. The van der Waals surface area contributed by atoms with Gasteiger partial charge in [0, 0.05) is 12.7 Å². The minimum atomic E-state index is -0.389. The third kappa shape index (κ3) is 1.84. The Balaban J connectivity index is 2.42. The summed E-state index contributed by atoms with van der Waals surface area (Å²) in [4.78, 5) is 1.86. The Hall–Kier alpha value is -2.03. The molecule has 0 saturated heterocycles. The fraction of sp³-hybridized carbons (Fsp3) is 0.0769. The number of para-hydroxylation sites is 2. The fourth-order valence-electron chi connectivity index (χ4n) is 1.61. The van der Waals surface area contributed by atoms with Crippen molar-refractivity contribution in [3.05, 3.63) is 54.3 Å². The minimum Gasteiger partial charge on any atom is -0.395 e. The van der Waals surface area contributed by atoms with E-state index in [1.54, 1.807) is 12.1 Å². The first-order chi connectivity index (χ1) is 7.70. The summed E-state index contributed by atoms with van der Waals surface area (Å²) in [6, 6.07) is 14.5. The Kier molecular flexibility index (Phi) is 2.77. The summed E-state index contributed by atoms with van der Waals surface area (Å²) < 4.78 is 13.3. The van der Waals surface area contributed by atoms with Gasteiger partial charge in [-0.15, -0.1) is 0 Å². The molecule has 0 fully saturated rings. The second-order valence-corrected chi connectivity index (χ2v) is 3.57. The van der Waals surface area contributed by atoms with Crippen LogP contribution in [-0.4, -0.2) is 7.05 Å². The molecule has 0 spiro atoms. The topological polar surface area (TPSA) is 29.3 Å². The van der Waals surface area contributed by atoms with Gasteiger partial charge in [-0.3, -0.25) is 0 Å². The molecule has 16 heavy (non-hydrogen) atoms. The molecule has 2 rings (SSSR count). The van der Waals surface area contributed by atoms with Crippen LogP contribution in [0.2, 0.25) is 0 Å². The molecule has 0 saturated carbocycles. The first-order valence-electron chi connectivity index (χ1n) is 5.03. The van der Waals surface area contributed by atoms with Crippen LogP contribution in [0.15, 0.2) is 48.5 Å². The van der Waals surface area contributed by atoms with Gasteiger partial charge in [0.15, 0.2) is 0 Å². The van der Waals surface area contributed by atoms with Gasteiger partial charge in [0.05, 0.1) is 11.4 Å². The highest BCUT2D eigenvalue weighted by Gasteiger charge is 2.09. The molecular weight excluding hydrogens is 203 g/mol. The number of halogens is 1. The normalized spacial score (nSPS) is 10.1. The monoisotopic (exact) mass is 216 g/mol. The Morgan fingerprint density at radius 2 is 1.69 bits per heavy atom. The Morgan fingerprint density at radius 1 is 1.00 bits per heavy atom. The predicted molar refractivity (Wildman–Crippen MR) is 65.3 cm³/mol. The van der Waals surface area contributed by atoms with Gasteiger partial charge in [0.25, 0.3) is 0 Å². The van der Waals surface area contributed by atoms with Crippen LogP contribution in [0.3, 0.4) is 0 Å². The van der Waals surface area contributed by atoms with Gasteiger partial charge < -0.3 is 10.6 Å². The van der Waals surface area contributed by atoms with E-state index >= 15 is 0 Å². The summed E-state index contributed by atoms with van der Waals surface area (Å²) in [6.07, 6.45) is 0. The van der Waals surface area contributed by atoms with Crippen LogP contribution in [0.5, 0.6) is 0 Å². The summed E-state index contributed by atoms with van der Waals surface area (Å²) in [5.74, 6) is -0.389. The lowest BCUT2D eigenvalue weighted by Crippen LogP contribution is -2.12. The van der Waals surface area contributed by atoms with Crippen molar-refractivity contribution >= 4 is 17.1 Å². The van der Waals surface area contributed by atoms with Crippen LogP contribution < -0.4 is 10.6 Å². The maximum atomic E-state index is 13.3. The summed E-state index contributed by atoms with van der Waals surface area (Å²) in [5.41, 5.74) is 7.52. The number of hydrogen-bond acceptors (Lipinski definition) is 2. The smallest absolute Gasteiger partial charge is 0.148 e. The van der Waals surface area contributed by atoms with E-state index in [1.165, 1.54) is 6.07 Å². The van der Waals surface area contributed by atoms with Crippen molar-refractivity contribution in [2.75, 3.05) is 17.7 Å². The molecule has 0 amide bonds. The number of nitrogens with zero attached hydrogens (tertiary/aromatic N) is 1. The minimum absolute atomic E-state index is 0.175. The second-order valence-electron chi connectivity index (χ2n) is 3.57. The largest absolute Gasteiger partial charge is 0.395 e. The molecule has 2 aromatic rings. The molecule has 0 aliphatic rings. The molecule has 0 radical (unpaired) electrons. The van der Waals surface area contributed by atoms with Gasteiger partial charge in [-0.05, 0) is 24.3 Å². The summed E-state index contributed by atoms with van der Waals surface area (Å²) in [5, 5.41) is 0. The van der Waals surface area contributed by atoms with E-state index in [0.29, 0.717) is 5.69 Å². The second kappa shape index (κ2) is 4.23. The zero-order chi connectivity index (χ0) is 11.5. The zero-order valence-corrected chi connectivity index (χ0v) is 9.02. The molecule has 82 valence electrons. The molecule has 0 unspecified atom stereocenters. The molecule has 0 aromatic heterocycles. The molecule has 2 N–H and O–H groups in total. The summed E-state index contributed by atoms with van der Waals surface area (Å²) >= 11 is 0. The molecule has 0 atom stereocenters. The van der Waals surface area contributed by atoms with E-state index in [0.717, 1.165) is 5.69 Å². The molecule has 0 aliphatic carbocycles. The number of nitrogens with two attached hydrogens (primary N) is 1. The van der Waals surface area contributed by atoms with Gasteiger partial charge in [-0.2, -0.15) is 0 Å². The standard InChI is InChI=1S/C13H13FN2/c1-16(10-6-3-2-4-7-10)12-9-5-8-11(14)13(12)15/h2-9H,15H2,1H3. The van der Waals surface area contributed by atoms with Crippen molar-refractivity contribution in [2.24, 2.45) is 0 Å². The molecule has 0 bridgehead atoms.